The molecule has 1 heterocycles. The Hall–Kier alpha value is -2.18. The molecule has 126 valence electrons. The number of aryl methyl sites for hydroxylation is 1. The van der Waals surface area contributed by atoms with E-state index in [1.54, 1.807) is 30.3 Å². The summed E-state index contributed by atoms with van der Waals surface area (Å²) in [5.74, 6) is -0.255. The highest BCUT2D eigenvalue weighted by molar-refractivity contribution is 7.89. The number of carbonyl (C=O) groups excluding carboxylic acids is 1. The minimum absolute atomic E-state index is 0.214. The molecule has 1 aliphatic rings. The summed E-state index contributed by atoms with van der Waals surface area (Å²) in [6.07, 6.45) is 1.78. The molecule has 0 atom stereocenters. The third-order valence-electron chi connectivity index (χ3n) is 4.07. The standard InChI is InChI=1S/C18H20N2O3S/c1-14-6-4-7-15(12-14)18(21)19-16-8-5-9-17(13-16)24(22,23)20-10-2-3-11-20/h4-9,12-13H,2-3,10-11H2,1H3,(H,19,21). The van der Waals surface area contributed by atoms with Gasteiger partial charge in [-0.05, 0) is 50.1 Å². The largest absolute Gasteiger partial charge is 0.322 e. The van der Waals surface area contributed by atoms with Crippen LogP contribution in [-0.4, -0.2) is 31.7 Å². The van der Waals surface area contributed by atoms with Gasteiger partial charge in [0.05, 0.1) is 4.90 Å². The van der Waals surface area contributed by atoms with E-state index < -0.39 is 10.0 Å². The predicted molar refractivity (Wildman–Crippen MR) is 93.6 cm³/mol. The van der Waals surface area contributed by atoms with Crippen LogP contribution in [0.2, 0.25) is 0 Å². The van der Waals surface area contributed by atoms with Gasteiger partial charge in [0.15, 0.2) is 0 Å². The fraction of sp³-hybridized carbons (Fsp3) is 0.278. The van der Waals surface area contributed by atoms with Crippen LogP contribution < -0.4 is 5.32 Å². The molecule has 0 radical (unpaired) electrons. The zero-order valence-corrected chi connectivity index (χ0v) is 14.3. The summed E-state index contributed by atoms with van der Waals surface area (Å²) in [4.78, 5) is 12.5. The molecule has 24 heavy (non-hydrogen) atoms. The number of carbonyl (C=O) groups is 1. The minimum Gasteiger partial charge on any atom is -0.322 e. The number of nitrogens with zero attached hydrogens (tertiary/aromatic N) is 1. The topological polar surface area (TPSA) is 66.5 Å². The van der Waals surface area contributed by atoms with E-state index in [9.17, 15) is 13.2 Å². The van der Waals surface area contributed by atoms with Crippen molar-refractivity contribution in [3.8, 4) is 0 Å². The van der Waals surface area contributed by atoms with Crippen LogP contribution in [0.1, 0.15) is 28.8 Å². The first-order valence-electron chi connectivity index (χ1n) is 7.95. The fourth-order valence-corrected chi connectivity index (χ4v) is 4.36. The van der Waals surface area contributed by atoms with Crippen molar-refractivity contribution in [2.45, 2.75) is 24.7 Å². The predicted octanol–water partition coefficient (Wildman–Crippen LogP) is 3.03. The van der Waals surface area contributed by atoms with Crippen LogP contribution in [0.3, 0.4) is 0 Å². The molecule has 1 saturated heterocycles. The number of sulfonamides is 1. The SMILES string of the molecule is Cc1cccc(C(=O)Nc2cccc(S(=O)(=O)N3CCCC3)c2)c1. The van der Waals surface area contributed by atoms with E-state index in [0.717, 1.165) is 18.4 Å². The van der Waals surface area contributed by atoms with Gasteiger partial charge < -0.3 is 5.32 Å². The number of hydrogen-bond donors (Lipinski definition) is 1. The third-order valence-corrected chi connectivity index (χ3v) is 5.97. The number of nitrogens with one attached hydrogen (secondary N) is 1. The average Bonchev–Trinajstić information content (AvgIpc) is 3.10. The van der Waals surface area contributed by atoms with Gasteiger partial charge in [-0.25, -0.2) is 8.42 Å². The van der Waals surface area contributed by atoms with Crippen LogP contribution in [0.25, 0.3) is 0 Å². The number of anilines is 1. The second-order valence-electron chi connectivity index (χ2n) is 5.96. The van der Waals surface area contributed by atoms with Crippen molar-refractivity contribution in [2.75, 3.05) is 18.4 Å². The van der Waals surface area contributed by atoms with Gasteiger partial charge in [0.1, 0.15) is 0 Å². The highest BCUT2D eigenvalue weighted by Crippen LogP contribution is 2.23. The van der Waals surface area contributed by atoms with E-state index >= 15 is 0 Å². The van der Waals surface area contributed by atoms with Gasteiger partial charge in [-0.2, -0.15) is 4.31 Å². The maximum atomic E-state index is 12.6. The maximum Gasteiger partial charge on any atom is 0.255 e. The normalized spacial score (nSPS) is 15.4. The van der Waals surface area contributed by atoms with E-state index in [1.807, 2.05) is 19.1 Å². The summed E-state index contributed by atoms with van der Waals surface area (Å²) in [6, 6.07) is 13.7. The molecule has 6 heteroatoms. The van der Waals surface area contributed by atoms with Crippen LogP contribution in [0.15, 0.2) is 53.4 Å². The van der Waals surface area contributed by atoms with Crippen LogP contribution in [-0.2, 0) is 10.0 Å². The molecular formula is C18H20N2O3S. The van der Waals surface area contributed by atoms with Crippen LogP contribution in [0.5, 0.6) is 0 Å². The Morgan fingerprint density at radius 3 is 2.46 bits per heavy atom. The monoisotopic (exact) mass is 344 g/mol. The van der Waals surface area contributed by atoms with Gasteiger partial charge in [-0.15, -0.1) is 0 Å². The van der Waals surface area contributed by atoms with Gasteiger partial charge in [0, 0.05) is 24.3 Å². The second kappa shape index (κ2) is 6.75. The summed E-state index contributed by atoms with van der Waals surface area (Å²) < 4.78 is 26.7. The van der Waals surface area contributed by atoms with Crippen molar-refractivity contribution in [3.63, 3.8) is 0 Å². The van der Waals surface area contributed by atoms with E-state index in [1.165, 1.54) is 10.4 Å². The Balaban J connectivity index is 1.82. The first-order chi connectivity index (χ1) is 11.5. The van der Waals surface area contributed by atoms with Crippen molar-refractivity contribution in [2.24, 2.45) is 0 Å². The molecule has 0 spiro atoms. The van der Waals surface area contributed by atoms with E-state index in [-0.39, 0.29) is 10.8 Å². The van der Waals surface area contributed by atoms with Gasteiger partial charge >= 0.3 is 0 Å². The van der Waals surface area contributed by atoms with Crippen LogP contribution in [0.4, 0.5) is 5.69 Å². The Kier molecular flexibility index (Phi) is 4.69. The molecule has 1 aliphatic heterocycles. The first-order valence-corrected chi connectivity index (χ1v) is 9.39. The summed E-state index contributed by atoms with van der Waals surface area (Å²) in [5, 5.41) is 2.77. The zero-order chi connectivity index (χ0) is 17.2. The van der Waals surface area contributed by atoms with Gasteiger partial charge in [0.2, 0.25) is 10.0 Å². The quantitative estimate of drug-likeness (QED) is 0.927. The zero-order valence-electron chi connectivity index (χ0n) is 13.5. The van der Waals surface area contributed by atoms with Gasteiger partial charge in [-0.1, -0.05) is 23.8 Å². The Morgan fingerprint density at radius 2 is 1.75 bits per heavy atom. The highest BCUT2D eigenvalue weighted by atomic mass is 32.2. The molecular weight excluding hydrogens is 324 g/mol. The average molecular weight is 344 g/mol. The number of hydrogen-bond acceptors (Lipinski definition) is 3. The lowest BCUT2D eigenvalue weighted by Gasteiger charge is -2.16. The molecule has 0 aromatic heterocycles. The summed E-state index contributed by atoms with van der Waals surface area (Å²) in [5.41, 5.74) is 2.01. The molecule has 1 N–H and O–H groups in total. The van der Waals surface area contributed by atoms with E-state index in [0.29, 0.717) is 24.3 Å². The number of amides is 1. The molecule has 3 rings (SSSR count). The van der Waals surface area contributed by atoms with Gasteiger partial charge in [-0.3, -0.25) is 4.79 Å². The molecule has 2 aromatic rings. The van der Waals surface area contributed by atoms with E-state index in [2.05, 4.69) is 5.32 Å². The highest BCUT2D eigenvalue weighted by Gasteiger charge is 2.27. The molecule has 0 aliphatic carbocycles. The van der Waals surface area contributed by atoms with Crippen molar-refractivity contribution in [1.29, 1.82) is 0 Å². The molecule has 0 saturated carbocycles. The minimum atomic E-state index is -3.49. The lowest BCUT2D eigenvalue weighted by Crippen LogP contribution is -2.27. The summed E-state index contributed by atoms with van der Waals surface area (Å²) >= 11 is 0. The Labute approximate surface area is 142 Å². The summed E-state index contributed by atoms with van der Waals surface area (Å²) in [7, 11) is -3.49. The molecule has 1 fully saturated rings. The van der Waals surface area contributed by atoms with Crippen LogP contribution in [0, 0.1) is 6.92 Å². The Morgan fingerprint density at radius 1 is 1.04 bits per heavy atom. The first kappa shape index (κ1) is 16.7. The number of benzene rings is 2. The lowest BCUT2D eigenvalue weighted by atomic mass is 10.1. The van der Waals surface area contributed by atoms with Crippen molar-refractivity contribution >= 4 is 21.6 Å². The third kappa shape index (κ3) is 3.49. The number of rotatable bonds is 4. The van der Waals surface area contributed by atoms with E-state index in [4.69, 9.17) is 0 Å². The van der Waals surface area contributed by atoms with Crippen molar-refractivity contribution in [1.82, 2.24) is 4.31 Å². The lowest BCUT2D eigenvalue weighted by molar-refractivity contribution is 0.102. The Bertz CT molecular complexity index is 856. The second-order valence-corrected chi connectivity index (χ2v) is 7.90. The fourth-order valence-electron chi connectivity index (χ4n) is 2.80. The van der Waals surface area contributed by atoms with Crippen LogP contribution >= 0.6 is 0 Å². The van der Waals surface area contributed by atoms with Crippen molar-refractivity contribution in [3.05, 3.63) is 59.7 Å². The summed E-state index contributed by atoms with van der Waals surface area (Å²) in [6.45, 7) is 3.03. The molecule has 1 amide bonds. The maximum absolute atomic E-state index is 12.6. The molecule has 0 bridgehead atoms. The smallest absolute Gasteiger partial charge is 0.255 e. The van der Waals surface area contributed by atoms with Crippen molar-refractivity contribution < 1.29 is 13.2 Å². The molecule has 2 aromatic carbocycles. The molecule has 5 nitrogen and oxygen atoms in total. The van der Waals surface area contributed by atoms with Gasteiger partial charge in [0.25, 0.3) is 5.91 Å². The molecule has 0 unspecified atom stereocenters.